The number of H-pyrrole nitrogens is 1. The van der Waals surface area contributed by atoms with Gasteiger partial charge in [0.05, 0.1) is 19.3 Å². The van der Waals surface area contributed by atoms with Crippen molar-refractivity contribution in [3.63, 3.8) is 0 Å². The molecule has 7 heteroatoms. The Morgan fingerprint density at radius 1 is 1.12 bits per heavy atom. The number of carbonyl (C=O) groups excluding carboxylic acids is 1. The lowest BCUT2D eigenvalue weighted by molar-refractivity contribution is 0.0599. The largest absolute Gasteiger partial charge is 0.465 e. The van der Waals surface area contributed by atoms with Gasteiger partial charge in [-0.1, -0.05) is 30.3 Å². The standard InChI is InChI=1S/C18H18N4O3/c1-24-11-12-7-8-14(16(9-12)17-19-21-22-20-17)10-13-5-3-4-6-15(13)18(23)25-2/h3-9H,10-11H2,1-2H3,(H,19,20,21,22). The number of hydrogen-bond acceptors (Lipinski definition) is 6. The maximum Gasteiger partial charge on any atom is 0.338 e. The van der Waals surface area contributed by atoms with Crippen molar-refractivity contribution in [3.05, 3.63) is 64.7 Å². The lowest BCUT2D eigenvalue weighted by Gasteiger charge is -2.12. The van der Waals surface area contributed by atoms with Crippen LogP contribution in [0.2, 0.25) is 0 Å². The zero-order valence-electron chi connectivity index (χ0n) is 14.0. The summed E-state index contributed by atoms with van der Waals surface area (Å²) >= 11 is 0. The average Bonchev–Trinajstić information content (AvgIpc) is 3.17. The minimum Gasteiger partial charge on any atom is -0.465 e. The summed E-state index contributed by atoms with van der Waals surface area (Å²) in [7, 11) is 3.03. The Morgan fingerprint density at radius 2 is 1.96 bits per heavy atom. The van der Waals surface area contributed by atoms with Crippen LogP contribution in [0.15, 0.2) is 42.5 Å². The Bertz CT molecular complexity index is 863. The minimum atomic E-state index is -0.354. The molecule has 7 nitrogen and oxygen atoms in total. The molecule has 1 aromatic heterocycles. The van der Waals surface area contributed by atoms with Crippen LogP contribution in [0.3, 0.4) is 0 Å². The molecule has 0 bridgehead atoms. The van der Waals surface area contributed by atoms with Crippen LogP contribution in [0.1, 0.15) is 27.0 Å². The molecule has 1 heterocycles. The molecule has 25 heavy (non-hydrogen) atoms. The summed E-state index contributed by atoms with van der Waals surface area (Å²) in [6.45, 7) is 0.490. The summed E-state index contributed by atoms with van der Waals surface area (Å²) in [5.41, 5.74) is 4.26. The number of rotatable bonds is 6. The maximum absolute atomic E-state index is 12.0. The third kappa shape index (κ3) is 3.72. The minimum absolute atomic E-state index is 0.354. The second-order valence-electron chi connectivity index (χ2n) is 5.49. The van der Waals surface area contributed by atoms with Crippen molar-refractivity contribution in [3.8, 4) is 11.4 Å². The van der Waals surface area contributed by atoms with Crippen LogP contribution in [0, 0.1) is 0 Å². The van der Waals surface area contributed by atoms with Crippen LogP contribution in [0.5, 0.6) is 0 Å². The van der Waals surface area contributed by atoms with Crippen molar-refractivity contribution in [2.24, 2.45) is 0 Å². The number of benzene rings is 2. The van der Waals surface area contributed by atoms with Crippen LogP contribution in [0.4, 0.5) is 0 Å². The fourth-order valence-corrected chi connectivity index (χ4v) is 2.71. The van der Waals surface area contributed by atoms with E-state index in [4.69, 9.17) is 9.47 Å². The highest BCUT2D eigenvalue weighted by Crippen LogP contribution is 2.25. The molecule has 0 aliphatic rings. The molecule has 0 atom stereocenters. The highest BCUT2D eigenvalue weighted by molar-refractivity contribution is 5.91. The zero-order valence-corrected chi connectivity index (χ0v) is 14.0. The van der Waals surface area contributed by atoms with Gasteiger partial charge in [-0.2, -0.15) is 5.21 Å². The van der Waals surface area contributed by atoms with Gasteiger partial charge >= 0.3 is 5.97 Å². The zero-order chi connectivity index (χ0) is 17.6. The van der Waals surface area contributed by atoms with E-state index in [0.717, 1.165) is 22.3 Å². The SMILES string of the molecule is COCc1ccc(Cc2ccccc2C(=O)OC)c(-c2nn[nH]n2)c1. The fraction of sp³-hybridized carbons (Fsp3) is 0.222. The van der Waals surface area contributed by atoms with Gasteiger partial charge in [-0.25, -0.2) is 4.79 Å². The van der Waals surface area contributed by atoms with Gasteiger partial charge in [-0.15, -0.1) is 10.2 Å². The number of tetrazole rings is 1. The van der Waals surface area contributed by atoms with Crippen LogP contribution < -0.4 is 0 Å². The molecule has 0 amide bonds. The molecule has 0 aliphatic heterocycles. The molecule has 3 rings (SSSR count). The van der Waals surface area contributed by atoms with E-state index < -0.39 is 0 Å². The Morgan fingerprint density at radius 3 is 2.68 bits per heavy atom. The van der Waals surface area contributed by atoms with Gasteiger partial charge in [-0.05, 0) is 40.5 Å². The van der Waals surface area contributed by atoms with Gasteiger partial charge in [-0.3, -0.25) is 0 Å². The quantitative estimate of drug-likeness (QED) is 0.694. The Balaban J connectivity index is 2.02. The molecular formula is C18H18N4O3. The Hall–Kier alpha value is -3.06. The molecular weight excluding hydrogens is 320 g/mol. The number of ether oxygens (including phenoxy) is 2. The summed E-state index contributed by atoms with van der Waals surface area (Å²) in [5.74, 6) is 0.149. The van der Waals surface area contributed by atoms with Crippen molar-refractivity contribution in [2.75, 3.05) is 14.2 Å². The van der Waals surface area contributed by atoms with Gasteiger partial charge < -0.3 is 9.47 Å². The number of esters is 1. The number of aromatic amines is 1. The number of nitrogens with zero attached hydrogens (tertiary/aromatic N) is 3. The van der Waals surface area contributed by atoms with Gasteiger partial charge in [0, 0.05) is 12.7 Å². The van der Waals surface area contributed by atoms with E-state index in [9.17, 15) is 4.79 Å². The van der Waals surface area contributed by atoms with Gasteiger partial charge in [0.2, 0.25) is 5.82 Å². The van der Waals surface area contributed by atoms with Crippen LogP contribution >= 0.6 is 0 Å². The fourth-order valence-electron chi connectivity index (χ4n) is 2.71. The second kappa shape index (κ2) is 7.67. The molecule has 2 aromatic carbocycles. The van der Waals surface area contributed by atoms with E-state index in [1.54, 1.807) is 13.2 Å². The third-order valence-electron chi connectivity index (χ3n) is 3.88. The molecule has 0 saturated carbocycles. The van der Waals surface area contributed by atoms with Gasteiger partial charge in [0.15, 0.2) is 0 Å². The highest BCUT2D eigenvalue weighted by Gasteiger charge is 2.15. The number of hydrogen-bond donors (Lipinski definition) is 1. The van der Waals surface area contributed by atoms with Crippen LogP contribution in [-0.2, 0) is 22.5 Å². The van der Waals surface area contributed by atoms with E-state index in [1.807, 2.05) is 36.4 Å². The molecule has 0 aliphatic carbocycles. The predicted molar refractivity (Wildman–Crippen MR) is 90.9 cm³/mol. The van der Waals surface area contributed by atoms with E-state index in [0.29, 0.717) is 24.4 Å². The summed E-state index contributed by atoms with van der Waals surface area (Å²) in [6.07, 6.45) is 0.544. The van der Waals surface area contributed by atoms with Gasteiger partial charge in [0.1, 0.15) is 0 Å². The van der Waals surface area contributed by atoms with E-state index in [2.05, 4.69) is 20.6 Å². The average molecular weight is 338 g/mol. The van der Waals surface area contributed by atoms with Crippen LogP contribution in [-0.4, -0.2) is 40.8 Å². The van der Waals surface area contributed by atoms with E-state index in [-0.39, 0.29) is 5.97 Å². The number of nitrogens with one attached hydrogen (secondary N) is 1. The monoisotopic (exact) mass is 338 g/mol. The molecule has 1 N–H and O–H groups in total. The number of methoxy groups -OCH3 is 2. The number of aromatic nitrogens is 4. The van der Waals surface area contributed by atoms with Crippen LogP contribution in [0.25, 0.3) is 11.4 Å². The predicted octanol–water partition coefficient (Wildman–Crippen LogP) is 2.39. The van der Waals surface area contributed by atoms with Crippen molar-refractivity contribution in [1.29, 1.82) is 0 Å². The first kappa shape index (κ1) is 16.8. The Labute approximate surface area is 145 Å². The molecule has 0 unspecified atom stereocenters. The first-order valence-electron chi connectivity index (χ1n) is 7.73. The molecule has 128 valence electrons. The lowest BCUT2D eigenvalue weighted by Crippen LogP contribution is -2.06. The molecule has 0 saturated heterocycles. The summed E-state index contributed by atoms with van der Waals surface area (Å²) in [6, 6.07) is 13.3. The lowest BCUT2D eigenvalue weighted by atomic mass is 9.95. The summed E-state index contributed by atoms with van der Waals surface area (Å²) in [5, 5.41) is 14.3. The first-order valence-corrected chi connectivity index (χ1v) is 7.73. The summed E-state index contributed by atoms with van der Waals surface area (Å²) in [4.78, 5) is 12.0. The summed E-state index contributed by atoms with van der Waals surface area (Å²) < 4.78 is 10.1. The smallest absolute Gasteiger partial charge is 0.338 e. The molecule has 0 radical (unpaired) electrons. The third-order valence-corrected chi connectivity index (χ3v) is 3.88. The second-order valence-corrected chi connectivity index (χ2v) is 5.49. The molecule has 0 spiro atoms. The molecule has 0 fully saturated rings. The highest BCUT2D eigenvalue weighted by atomic mass is 16.5. The Kier molecular flexibility index (Phi) is 5.15. The van der Waals surface area contributed by atoms with Gasteiger partial charge in [0.25, 0.3) is 0 Å². The van der Waals surface area contributed by atoms with Crippen molar-refractivity contribution >= 4 is 5.97 Å². The van der Waals surface area contributed by atoms with Crippen molar-refractivity contribution in [1.82, 2.24) is 20.6 Å². The van der Waals surface area contributed by atoms with E-state index in [1.165, 1.54) is 7.11 Å². The van der Waals surface area contributed by atoms with E-state index >= 15 is 0 Å². The van der Waals surface area contributed by atoms with Crippen molar-refractivity contribution < 1.29 is 14.3 Å². The topological polar surface area (TPSA) is 90.0 Å². The first-order chi connectivity index (χ1) is 12.2. The van der Waals surface area contributed by atoms with Crippen molar-refractivity contribution in [2.45, 2.75) is 13.0 Å². The normalized spacial score (nSPS) is 10.6. The maximum atomic E-state index is 12.0. The molecule has 3 aromatic rings. The number of carbonyl (C=O) groups is 1.